The zero-order valence-corrected chi connectivity index (χ0v) is 14.2. The minimum atomic E-state index is -0.389. The molecule has 1 aromatic carbocycles. The lowest BCUT2D eigenvalue weighted by molar-refractivity contribution is 0.252. The summed E-state index contributed by atoms with van der Waals surface area (Å²) >= 11 is 0. The van der Waals surface area contributed by atoms with Gasteiger partial charge in [0.05, 0.1) is 0 Å². The molecule has 0 bridgehead atoms. The zero-order chi connectivity index (χ0) is 18.0. The summed E-state index contributed by atoms with van der Waals surface area (Å²) < 4.78 is 1.58. The molecule has 0 spiro atoms. The van der Waals surface area contributed by atoms with Gasteiger partial charge >= 0.3 is 6.03 Å². The number of nitrogens with zero attached hydrogens (tertiary/aromatic N) is 5. The van der Waals surface area contributed by atoms with Crippen LogP contribution >= 0.6 is 0 Å². The van der Waals surface area contributed by atoms with Crippen molar-refractivity contribution in [2.45, 2.75) is 13.8 Å². The molecule has 0 atom stereocenters. The van der Waals surface area contributed by atoms with Gasteiger partial charge in [-0.25, -0.2) is 14.8 Å². The van der Waals surface area contributed by atoms with E-state index in [0.29, 0.717) is 23.4 Å². The van der Waals surface area contributed by atoms with Gasteiger partial charge in [-0.15, -0.1) is 0 Å². The molecule has 8 heteroatoms. The van der Waals surface area contributed by atoms with Gasteiger partial charge in [0, 0.05) is 19.2 Å². The number of rotatable bonds is 3. The summed E-state index contributed by atoms with van der Waals surface area (Å²) in [6, 6.07) is 9.43. The van der Waals surface area contributed by atoms with Crippen molar-refractivity contribution in [3.63, 3.8) is 0 Å². The van der Waals surface area contributed by atoms with Crippen molar-refractivity contribution in [1.82, 2.24) is 24.8 Å². The van der Waals surface area contributed by atoms with Crippen LogP contribution < -0.4 is 10.6 Å². The molecule has 25 heavy (non-hydrogen) atoms. The van der Waals surface area contributed by atoms with Crippen LogP contribution in [-0.4, -0.2) is 32.1 Å². The van der Waals surface area contributed by atoms with Crippen molar-refractivity contribution in [3.8, 4) is 17.3 Å². The lowest BCUT2D eigenvalue weighted by atomic mass is 10.1. The molecule has 0 aliphatic rings. The number of carbonyl (C=O) groups excluding carboxylic acids is 1. The number of amides is 2. The van der Waals surface area contributed by atoms with Crippen LogP contribution in [0.4, 0.5) is 10.7 Å². The molecule has 2 amide bonds. The number of fused-ring (bicyclic) bond motifs is 1. The fourth-order valence-corrected chi connectivity index (χ4v) is 2.44. The average molecular weight is 335 g/mol. The summed E-state index contributed by atoms with van der Waals surface area (Å²) in [6.45, 7) is 4.31. The number of hydrogen-bond donors (Lipinski definition) is 2. The van der Waals surface area contributed by atoms with E-state index in [1.54, 1.807) is 11.6 Å². The Balaban J connectivity index is 2.20. The monoisotopic (exact) mass is 335 g/mol. The normalized spacial score (nSPS) is 10.5. The van der Waals surface area contributed by atoms with E-state index in [9.17, 15) is 10.1 Å². The largest absolute Gasteiger partial charge is 0.338 e. The highest BCUT2D eigenvalue weighted by molar-refractivity contribution is 5.92. The second-order valence-corrected chi connectivity index (χ2v) is 5.52. The Bertz CT molecular complexity index is 983. The highest BCUT2D eigenvalue weighted by Gasteiger charge is 2.18. The lowest BCUT2D eigenvalue weighted by Crippen LogP contribution is -2.29. The minimum Gasteiger partial charge on any atom is -0.338 e. The Morgan fingerprint density at radius 1 is 1.24 bits per heavy atom. The van der Waals surface area contributed by atoms with E-state index < -0.39 is 0 Å². The number of imidazole rings is 1. The Kier molecular flexibility index (Phi) is 4.31. The quantitative estimate of drug-likeness (QED) is 0.763. The molecule has 0 aliphatic carbocycles. The van der Waals surface area contributed by atoms with Crippen LogP contribution in [0, 0.1) is 18.3 Å². The second-order valence-electron chi connectivity index (χ2n) is 5.52. The number of benzene rings is 1. The topological polar surface area (TPSA) is 109 Å². The first kappa shape index (κ1) is 16.4. The van der Waals surface area contributed by atoms with Gasteiger partial charge in [-0.1, -0.05) is 29.8 Å². The molecule has 0 aliphatic heterocycles. The highest BCUT2D eigenvalue weighted by Crippen LogP contribution is 2.27. The molecule has 0 unspecified atom stereocenters. The van der Waals surface area contributed by atoms with Gasteiger partial charge < -0.3 is 9.88 Å². The fraction of sp³-hybridized carbons (Fsp3) is 0.235. The van der Waals surface area contributed by atoms with Crippen LogP contribution in [0.5, 0.6) is 0 Å². The Hall–Kier alpha value is -3.47. The molecule has 0 radical (unpaired) electrons. The molecule has 0 fully saturated rings. The first-order valence-electron chi connectivity index (χ1n) is 7.80. The van der Waals surface area contributed by atoms with Crippen LogP contribution in [0.25, 0.3) is 22.4 Å². The van der Waals surface area contributed by atoms with Gasteiger partial charge in [-0.2, -0.15) is 10.2 Å². The molecule has 3 rings (SSSR count). The first-order chi connectivity index (χ1) is 12.0. The third-order valence-electron chi connectivity index (χ3n) is 3.71. The smallest absolute Gasteiger partial charge is 0.321 e. The fourth-order valence-electron chi connectivity index (χ4n) is 2.44. The van der Waals surface area contributed by atoms with Crippen LogP contribution in [0.2, 0.25) is 0 Å². The SMILES string of the molecule is CCNC(=O)Nc1nc(-c2ccc(C)cc2)c2nc(C#N)n(C)c2n1. The van der Waals surface area contributed by atoms with Gasteiger partial charge in [0.15, 0.2) is 5.65 Å². The summed E-state index contributed by atoms with van der Waals surface area (Å²) in [5.41, 5.74) is 3.51. The Labute approximate surface area is 144 Å². The third-order valence-corrected chi connectivity index (χ3v) is 3.71. The van der Waals surface area contributed by atoms with Gasteiger partial charge in [-0.3, -0.25) is 5.32 Å². The third kappa shape index (κ3) is 3.12. The number of urea groups is 1. The molecule has 2 heterocycles. The summed E-state index contributed by atoms with van der Waals surface area (Å²) in [5, 5.41) is 14.5. The zero-order valence-electron chi connectivity index (χ0n) is 14.2. The maximum absolute atomic E-state index is 11.8. The molecular formula is C17H17N7O. The van der Waals surface area contributed by atoms with E-state index in [1.165, 1.54) is 0 Å². The van der Waals surface area contributed by atoms with Crippen molar-refractivity contribution in [1.29, 1.82) is 5.26 Å². The van der Waals surface area contributed by atoms with Crippen molar-refractivity contribution < 1.29 is 4.79 Å². The summed E-state index contributed by atoms with van der Waals surface area (Å²) in [4.78, 5) is 24.9. The maximum atomic E-state index is 11.8. The molecule has 126 valence electrons. The van der Waals surface area contributed by atoms with Gasteiger partial charge in [0.1, 0.15) is 17.3 Å². The van der Waals surface area contributed by atoms with Crippen molar-refractivity contribution in [2.75, 3.05) is 11.9 Å². The van der Waals surface area contributed by atoms with Crippen molar-refractivity contribution in [3.05, 3.63) is 35.7 Å². The van der Waals surface area contributed by atoms with E-state index in [2.05, 4.69) is 25.6 Å². The minimum absolute atomic E-state index is 0.154. The summed E-state index contributed by atoms with van der Waals surface area (Å²) in [7, 11) is 1.70. The Morgan fingerprint density at radius 3 is 2.60 bits per heavy atom. The van der Waals surface area contributed by atoms with E-state index in [0.717, 1.165) is 11.1 Å². The Morgan fingerprint density at radius 2 is 1.96 bits per heavy atom. The highest BCUT2D eigenvalue weighted by atomic mass is 16.2. The van der Waals surface area contributed by atoms with E-state index in [1.807, 2.05) is 44.2 Å². The molecule has 3 aromatic rings. The second kappa shape index (κ2) is 6.57. The number of hydrogen-bond acceptors (Lipinski definition) is 5. The molecule has 2 aromatic heterocycles. The van der Waals surface area contributed by atoms with E-state index >= 15 is 0 Å². The molecule has 8 nitrogen and oxygen atoms in total. The number of aryl methyl sites for hydroxylation is 2. The van der Waals surface area contributed by atoms with Crippen LogP contribution in [0.1, 0.15) is 18.3 Å². The number of carbonyl (C=O) groups is 1. The number of aromatic nitrogens is 4. The number of nitrogens with one attached hydrogen (secondary N) is 2. The predicted molar refractivity (Wildman–Crippen MR) is 93.9 cm³/mol. The maximum Gasteiger partial charge on any atom is 0.321 e. The first-order valence-corrected chi connectivity index (χ1v) is 7.80. The van der Waals surface area contributed by atoms with Crippen molar-refractivity contribution >= 4 is 23.1 Å². The van der Waals surface area contributed by atoms with Crippen LogP contribution in [-0.2, 0) is 7.05 Å². The van der Waals surface area contributed by atoms with E-state index in [4.69, 9.17) is 0 Å². The molecule has 0 saturated heterocycles. The standard InChI is InChI=1S/C17H17N7O/c1-4-19-17(25)23-16-21-13(11-7-5-10(2)6-8-11)14-15(22-16)24(3)12(9-18)20-14/h5-8H,4H2,1-3H3,(H2,19,21,22,23,25). The molecule has 0 saturated carbocycles. The summed E-state index contributed by atoms with van der Waals surface area (Å²) in [6.07, 6.45) is 0. The summed E-state index contributed by atoms with van der Waals surface area (Å²) in [5.74, 6) is 0.384. The predicted octanol–water partition coefficient (Wildman–Crippen LogP) is 2.35. The van der Waals surface area contributed by atoms with E-state index in [-0.39, 0.29) is 17.8 Å². The lowest BCUT2D eigenvalue weighted by Gasteiger charge is -2.08. The van der Waals surface area contributed by atoms with Gasteiger partial charge in [0.2, 0.25) is 11.8 Å². The van der Waals surface area contributed by atoms with Crippen LogP contribution in [0.3, 0.4) is 0 Å². The van der Waals surface area contributed by atoms with Gasteiger partial charge in [-0.05, 0) is 13.8 Å². The average Bonchev–Trinajstić information content (AvgIpc) is 2.91. The number of anilines is 1. The van der Waals surface area contributed by atoms with Crippen molar-refractivity contribution in [2.24, 2.45) is 7.05 Å². The van der Waals surface area contributed by atoms with Gasteiger partial charge in [0.25, 0.3) is 0 Å². The molecular weight excluding hydrogens is 318 g/mol. The molecule has 2 N–H and O–H groups in total. The number of nitriles is 1. The van der Waals surface area contributed by atoms with Crippen LogP contribution in [0.15, 0.2) is 24.3 Å².